The Bertz CT molecular complexity index is 932. The molecule has 3 rings (SSSR count). The Morgan fingerprint density at radius 3 is 2.63 bits per heavy atom. The van der Waals surface area contributed by atoms with E-state index in [-0.39, 0.29) is 22.6 Å². The van der Waals surface area contributed by atoms with E-state index in [2.05, 4.69) is 40.7 Å². The Morgan fingerprint density at radius 2 is 1.97 bits per heavy atom. The minimum absolute atomic E-state index is 0.0327. The zero-order chi connectivity index (χ0) is 21.8. The predicted octanol–water partition coefficient (Wildman–Crippen LogP) is 2.77. The van der Waals surface area contributed by atoms with E-state index >= 15 is 0 Å². The van der Waals surface area contributed by atoms with E-state index in [1.54, 1.807) is 31.3 Å². The number of ketones is 1. The summed E-state index contributed by atoms with van der Waals surface area (Å²) in [5.74, 6) is 0.214. The molecule has 1 aliphatic rings. The number of pyridine rings is 1. The predicted molar refractivity (Wildman–Crippen MR) is 117 cm³/mol. The lowest BCUT2D eigenvalue weighted by Gasteiger charge is -2.39. The van der Waals surface area contributed by atoms with Gasteiger partial charge in [-0.25, -0.2) is 9.97 Å². The van der Waals surface area contributed by atoms with Crippen molar-refractivity contribution in [3.8, 4) is 5.88 Å². The average Bonchev–Trinajstić information content (AvgIpc) is 2.67. The summed E-state index contributed by atoms with van der Waals surface area (Å²) in [4.78, 5) is 30.0. The summed E-state index contributed by atoms with van der Waals surface area (Å²) in [6.45, 7) is 7.19. The number of methoxy groups -OCH3 is 1. The fraction of sp³-hybridized carbons (Fsp3) is 0.476. The van der Waals surface area contributed by atoms with Gasteiger partial charge in [-0.3, -0.25) is 14.8 Å². The van der Waals surface area contributed by atoms with Crippen LogP contribution in [0.4, 0.5) is 0 Å². The lowest BCUT2D eigenvalue weighted by molar-refractivity contribution is 0.0987. The molecule has 0 unspecified atom stereocenters. The minimum atomic E-state index is -0.480. The van der Waals surface area contributed by atoms with Crippen LogP contribution in [0.25, 0.3) is 0 Å². The number of aliphatic imine (C=N–C) groups is 1. The fourth-order valence-electron chi connectivity index (χ4n) is 3.54. The number of nitrogens with zero attached hydrogens (tertiary/aromatic N) is 4. The van der Waals surface area contributed by atoms with Crippen LogP contribution in [0.2, 0.25) is 0 Å². The van der Waals surface area contributed by atoms with Gasteiger partial charge in [0.25, 0.3) is 0 Å². The molecule has 1 atom stereocenters. The number of ether oxygens (including phenoxy) is 2. The third kappa shape index (κ3) is 5.54. The van der Waals surface area contributed by atoms with E-state index in [0.29, 0.717) is 24.3 Å². The maximum atomic E-state index is 12.7. The molecular formula is C21H27N5O3S. The van der Waals surface area contributed by atoms with Crippen LogP contribution in [-0.2, 0) is 16.7 Å². The van der Waals surface area contributed by atoms with Gasteiger partial charge in [0.2, 0.25) is 5.88 Å². The number of nitrogens with two attached hydrogens (primary N) is 1. The van der Waals surface area contributed by atoms with Crippen LogP contribution in [0, 0.1) is 0 Å². The standard InChI is InChI=1S/C21H27N5O3S/c1-20(2)13-21(3,26-19(22)30-20)15-7-14(9-23-10-15)8-17(27)16-11-25-18(12-24-16)29-6-5-28-4/h7,9-12H,5-6,8,13H2,1-4H3,(H2,22,26)/t21-/m0/s1. The van der Waals surface area contributed by atoms with Crippen molar-refractivity contribution >= 4 is 22.7 Å². The van der Waals surface area contributed by atoms with Crippen molar-refractivity contribution in [3.05, 3.63) is 47.7 Å². The number of thioether (sulfide) groups is 1. The van der Waals surface area contributed by atoms with E-state index in [4.69, 9.17) is 15.2 Å². The van der Waals surface area contributed by atoms with Gasteiger partial charge in [0.1, 0.15) is 12.3 Å². The molecule has 9 heteroatoms. The number of carbonyl (C=O) groups excluding carboxylic acids is 1. The van der Waals surface area contributed by atoms with E-state index in [1.165, 1.54) is 12.4 Å². The number of hydrogen-bond acceptors (Lipinski definition) is 9. The van der Waals surface area contributed by atoms with Gasteiger partial charge >= 0.3 is 0 Å². The summed E-state index contributed by atoms with van der Waals surface area (Å²) in [5.41, 5.74) is 7.61. The molecule has 0 spiro atoms. The highest BCUT2D eigenvalue weighted by Gasteiger charge is 2.39. The van der Waals surface area contributed by atoms with Crippen molar-refractivity contribution in [2.24, 2.45) is 10.7 Å². The highest BCUT2D eigenvalue weighted by atomic mass is 32.2. The monoisotopic (exact) mass is 429 g/mol. The average molecular weight is 430 g/mol. The summed E-state index contributed by atoms with van der Waals surface area (Å²) in [6, 6.07) is 1.98. The molecule has 0 amide bonds. The summed E-state index contributed by atoms with van der Waals surface area (Å²) in [6.07, 6.45) is 7.35. The SMILES string of the molecule is COCCOc1cnc(C(=O)Cc2cncc([C@]3(C)CC(C)(C)SC(N)=N3)c2)cn1. The van der Waals surface area contributed by atoms with Crippen molar-refractivity contribution in [3.63, 3.8) is 0 Å². The van der Waals surface area contributed by atoms with Crippen LogP contribution in [0.15, 0.2) is 35.8 Å². The third-order valence-electron chi connectivity index (χ3n) is 4.74. The van der Waals surface area contributed by atoms with Crippen LogP contribution in [-0.4, -0.2) is 51.0 Å². The Hall–Kier alpha value is -2.52. The number of rotatable bonds is 8. The topological polar surface area (TPSA) is 113 Å². The van der Waals surface area contributed by atoms with Gasteiger partial charge in [0.15, 0.2) is 11.0 Å². The van der Waals surface area contributed by atoms with E-state index in [9.17, 15) is 4.79 Å². The quantitative estimate of drug-likeness (QED) is 0.503. The second-order valence-corrected chi connectivity index (χ2v) is 9.75. The second-order valence-electron chi connectivity index (χ2n) is 8.03. The van der Waals surface area contributed by atoms with Gasteiger partial charge in [-0.15, -0.1) is 0 Å². The molecule has 0 radical (unpaired) electrons. The van der Waals surface area contributed by atoms with Crippen LogP contribution in [0.3, 0.4) is 0 Å². The molecule has 0 fully saturated rings. The Morgan fingerprint density at radius 1 is 1.17 bits per heavy atom. The van der Waals surface area contributed by atoms with Crippen LogP contribution < -0.4 is 10.5 Å². The van der Waals surface area contributed by atoms with Crippen molar-refractivity contribution in [2.45, 2.75) is 43.9 Å². The molecular weight excluding hydrogens is 402 g/mol. The van der Waals surface area contributed by atoms with Gasteiger partial charge in [0, 0.05) is 30.7 Å². The van der Waals surface area contributed by atoms with Crippen molar-refractivity contribution in [1.29, 1.82) is 0 Å². The van der Waals surface area contributed by atoms with Gasteiger partial charge in [-0.1, -0.05) is 25.6 Å². The van der Waals surface area contributed by atoms with Crippen molar-refractivity contribution in [1.82, 2.24) is 15.0 Å². The van der Waals surface area contributed by atoms with E-state index in [1.807, 2.05) is 6.07 Å². The first-order valence-electron chi connectivity index (χ1n) is 9.66. The second kappa shape index (κ2) is 9.09. The van der Waals surface area contributed by atoms with Crippen LogP contribution >= 0.6 is 11.8 Å². The Kier molecular flexibility index (Phi) is 6.72. The molecule has 0 bridgehead atoms. The normalized spacial score (nSPS) is 20.5. The summed E-state index contributed by atoms with van der Waals surface area (Å²) in [5, 5.41) is 0.568. The minimum Gasteiger partial charge on any atom is -0.474 e. The number of hydrogen-bond donors (Lipinski definition) is 1. The van der Waals surface area contributed by atoms with Crippen LogP contribution in [0.1, 0.15) is 48.8 Å². The van der Waals surface area contributed by atoms with Gasteiger partial charge < -0.3 is 15.2 Å². The first-order valence-corrected chi connectivity index (χ1v) is 10.5. The Balaban J connectivity index is 1.72. The molecule has 2 aromatic heterocycles. The third-order valence-corrected chi connectivity index (χ3v) is 5.74. The van der Waals surface area contributed by atoms with Gasteiger partial charge in [-0.05, 0) is 30.5 Å². The van der Waals surface area contributed by atoms with Crippen molar-refractivity contribution in [2.75, 3.05) is 20.3 Å². The molecule has 30 heavy (non-hydrogen) atoms. The summed E-state index contributed by atoms with van der Waals surface area (Å²) < 4.78 is 10.3. The molecule has 2 aromatic rings. The number of Topliss-reactive ketones (excluding diaryl/α,β-unsaturated/α-hetero) is 1. The van der Waals surface area contributed by atoms with E-state index < -0.39 is 5.54 Å². The zero-order valence-corrected chi connectivity index (χ0v) is 18.5. The molecule has 0 saturated heterocycles. The molecule has 1 aliphatic heterocycles. The maximum absolute atomic E-state index is 12.7. The largest absolute Gasteiger partial charge is 0.474 e. The first kappa shape index (κ1) is 22.2. The first-order chi connectivity index (χ1) is 14.2. The lowest BCUT2D eigenvalue weighted by atomic mass is 9.84. The number of aromatic nitrogens is 3. The maximum Gasteiger partial charge on any atom is 0.232 e. The number of carbonyl (C=O) groups is 1. The Labute approximate surface area is 180 Å². The molecule has 0 aliphatic carbocycles. The van der Waals surface area contributed by atoms with E-state index in [0.717, 1.165) is 17.5 Å². The number of amidine groups is 1. The van der Waals surface area contributed by atoms with Gasteiger partial charge in [0.05, 0.1) is 24.5 Å². The highest BCUT2D eigenvalue weighted by Crippen LogP contribution is 2.44. The molecule has 160 valence electrons. The van der Waals surface area contributed by atoms with Crippen LogP contribution in [0.5, 0.6) is 5.88 Å². The molecule has 0 saturated carbocycles. The molecule has 2 N–H and O–H groups in total. The zero-order valence-electron chi connectivity index (χ0n) is 17.7. The molecule has 0 aromatic carbocycles. The highest BCUT2D eigenvalue weighted by molar-refractivity contribution is 8.15. The fourth-order valence-corrected chi connectivity index (χ4v) is 4.71. The smallest absolute Gasteiger partial charge is 0.232 e. The summed E-state index contributed by atoms with van der Waals surface area (Å²) >= 11 is 1.58. The lowest BCUT2D eigenvalue weighted by Crippen LogP contribution is -2.38. The van der Waals surface area contributed by atoms with Crippen molar-refractivity contribution < 1.29 is 14.3 Å². The molecule has 8 nitrogen and oxygen atoms in total. The molecule has 3 heterocycles. The summed E-state index contributed by atoms with van der Waals surface area (Å²) in [7, 11) is 1.59. The van der Waals surface area contributed by atoms with Gasteiger partial charge in [-0.2, -0.15) is 0 Å².